The second-order valence-electron chi connectivity index (χ2n) is 7.20. The maximum Gasteiger partial charge on any atom is 0.164 e. The van der Waals surface area contributed by atoms with E-state index in [1.165, 1.54) is 0 Å². The van der Waals surface area contributed by atoms with Crippen molar-refractivity contribution in [2.24, 2.45) is 0 Å². The lowest BCUT2D eigenvalue weighted by Crippen LogP contribution is -2.32. The predicted molar refractivity (Wildman–Crippen MR) is 113 cm³/mol. The molecule has 1 unspecified atom stereocenters. The Morgan fingerprint density at radius 2 is 1.79 bits per heavy atom. The standard InChI is InChI=1S/C22H22N6O/c23-20-19-14-25-28(16-5-4-12-24-13-16)22(19)27-21(26-20)15-8-10-18(11-9-15)29-17-6-2-1-3-7-17/h1-3,6-11,14,16,24H,4-5,12-13H2,(H2,23,26,27). The van der Waals surface area contributed by atoms with Crippen LogP contribution >= 0.6 is 0 Å². The number of piperidine rings is 1. The Kier molecular flexibility index (Phi) is 4.57. The molecular formula is C22H22N6O. The van der Waals surface area contributed by atoms with Crippen LogP contribution in [0.5, 0.6) is 11.5 Å². The van der Waals surface area contributed by atoms with Gasteiger partial charge in [-0.05, 0) is 55.8 Å². The van der Waals surface area contributed by atoms with Crippen molar-refractivity contribution in [2.45, 2.75) is 18.9 Å². The van der Waals surface area contributed by atoms with Crippen molar-refractivity contribution in [3.8, 4) is 22.9 Å². The number of nitrogen functional groups attached to an aromatic ring is 1. The summed E-state index contributed by atoms with van der Waals surface area (Å²) in [6.45, 7) is 1.94. The highest BCUT2D eigenvalue weighted by Crippen LogP contribution is 2.28. The van der Waals surface area contributed by atoms with E-state index in [0.29, 0.717) is 11.6 Å². The van der Waals surface area contributed by atoms with Gasteiger partial charge in [0.1, 0.15) is 17.3 Å². The molecule has 146 valence electrons. The van der Waals surface area contributed by atoms with E-state index < -0.39 is 0 Å². The zero-order valence-corrected chi connectivity index (χ0v) is 16.0. The Morgan fingerprint density at radius 3 is 2.55 bits per heavy atom. The Bertz CT molecular complexity index is 1120. The Balaban J connectivity index is 1.46. The van der Waals surface area contributed by atoms with Crippen LogP contribution in [0.2, 0.25) is 0 Å². The number of para-hydroxylation sites is 1. The Morgan fingerprint density at radius 1 is 1.00 bits per heavy atom. The number of anilines is 1. The maximum atomic E-state index is 6.22. The average Bonchev–Trinajstić information content (AvgIpc) is 3.20. The second-order valence-corrected chi connectivity index (χ2v) is 7.20. The van der Waals surface area contributed by atoms with Gasteiger partial charge in [0.15, 0.2) is 11.5 Å². The molecule has 3 heterocycles. The van der Waals surface area contributed by atoms with Crippen LogP contribution in [0.3, 0.4) is 0 Å². The van der Waals surface area contributed by atoms with E-state index in [1.54, 1.807) is 6.20 Å². The number of fused-ring (bicyclic) bond motifs is 1. The van der Waals surface area contributed by atoms with Gasteiger partial charge in [-0.2, -0.15) is 5.10 Å². The summed E-state index contributed by atoms with van der Waals surface area (Å²) in [5.41, 5.74) is 7.89. The molecule has 1 atom stereocenters. The van der Waals surface area contributed by atoms with E-state index in [1.807, 2.05) is 59.3 Å². The van der Waals surface area contributed by atoms with Gasteiger partial charge in [-0.1, -0.05) is 18.2 Å². The number of benzene rings is 2. The summed E-state index contributed by atoms with van der Waals surface area (Å²) in [6, 6.07) is 17.7. The SMILES string of the molecule is Nc1nc(-c2ccc(Oc3ccccc3)cc2)nc2c1cnn2C1CCCNC1. The van der Waals surface area contributed by atoms with Gasteiger partial charge in [-0.25, -0.2) is 14.6 Å². The molecule has 3 N–H and O–H groups in total. The van der Waals surface area contributed by atoms with Crippen molar-refractivity contribution in [3.05, 3.63) is 60.8 Å². The van der Waals surface area contributed by atoms with E-state index in [2.05, 4.69) is 15.4 Å². The van der Waals surface area contributed by atoms with Gasteiger partial charge >= 0.3 is 0 Å². The van der Waals surface area contributed by atoms with Crippen LogP contribution in [0, 0.1) is 0 Å². The lowest BCUT2D eigenvalue weighted by Gasteiger charge is -2.23. The van der Waals surface area contributed by atoms with Crippen molar-refractivity contribution in [3.63, 3.8) is 0 Å². The number of hydrogen-bond acceptors (Lipinski definition) is 6. The Hall–Kier alpha value is -3.45. The average molecular weight is 386 g/mol. The predicted octanol–water partition coefficient (Wildman–Crippen LogP) is 3.79. The fourth-order valence-electron chi connectivity index (χ4n) is 3.68. The van der Waals surface area contributed by atoms with Gasteiger partial charge < -0.3 is 15.8 Å². The minimum Gasteiger partial charge on any atom is -0.457 e. The smallest absolute Gasteiger partial charge is 0.164 e. The molecule has 7 nitrogen and oxygen atoms in total. The molecule has 0 radical (unpaired) electrons. The van der Waals surface area contributed by atoms with Crippen LogP contribution in [0.15, 0.2) is 60.8 Å². The molecule has 1 fully saturated rings. The number of hydrogen-bond donors (Lipinski definition) is 2. The zero-order valence-electron chi connectivity index (χ0n) is 16.0. The maximum absolute atomic E-state index is 6.22. The molecule has 1 saturated heterocycles. The summed E-state index contributed by atoms with van der Waals surface area (Å²) in [5.74, 6) is 2.59. The van der Waals surface area contributed by atoms with Gasteiger partial charge in [-0.3, -0.25) is 0 Å². The number of ether oxygens (including phenoxy) is 1. The number of nitrogens with one attached hydrogen (secondary N) is 1. The van der Waals surface area contributed by atoms with Gasteiger partial charge in [0.2, 0.25) is 0 Å². The molecule has 0 amide bonds. The number of aromatic nitrogens is 4. The van der Waals surface area contributed by atoms with Crippen LogP contribution in [-0.4, -0.2) is 32.8 Å². The summed E-state index contributed by atoms with van der Waals surface area (Å²) < 4.78 is 7.84. The molecule has 29 heavy (non-hydrogen) atoms. The van der Waals surface area contributed by atoms with Crippen molar-refractivity contribution in [2.75, 3.05) is 18.8 Å². The van der Waals surface area contributed by atoms with E-state index in [-0.39, 0.29) is 6.04 Å². The van der Waals surface area contributed by atoms with Gasteiger partial charge in [0, 0.05) is 12.1 Å². The minimum atomic E-state index is 0.282. The lowest BCUT2D eigenvalue weighted by atomic mass is 10.1. The highest BCUT2D eigenvalue weighted by Gasteiger charge is 2.20. The Labute approximate surface area is 168 Å². The third-order valence-corrected chi connectivity index (χ3v) is 5.19. The first-order valence-corrected chi connectivity index (χ1v) is 9.83. The first-order valence-electron chi connectivity index (χ1n) is 9.83. The molecule has 0 saturated carbocycles. The highest BCUT2D eigenvalue weighted by atomic mass is 16.5. The fourth-order valence-corrected chi connectivity index (χ4v) is 3.68. The topological polar surface area (TPSA) is 90.9 Å². The van der Waals surface area contributed by atoms with Crippen LogP contribution in [0.25, 0.3) is 22.4 Å². The van der Waals surface area contributed by atoms with Crippen LogP contribution < -0.4 is 15.8 Å². The monoisotopic (exact) mass is 386 g/mol. The molecule has 7 heteroatoms. The summed E-state index contributed by atoms with van der Waals surface area (Å²) in [7, 11) is 0. The molecule has 5 rings (SSSR count). The van der Waals surface area contributed by atoms with Crippen LogP contribution in [0.4, 0.5) is 5.82 Å². The van der Waals surface area contributed by atoms with E-state index in [4.69, 9.17) is 15.5 Å². The molecular weight excluding hydrogens is 364 g/mol. The van der Waals surface area contributed by atoms with Crippen molar-refractivity contribution in [1.29, 1.82) is 0 Å². The normalized spacial score (nSPS) is 16.8. The highest BCUT2D eigenvalue weighted by molar-refractivity contribution is 5.87. The molecule has 1 aliphatic rings. The molecule has 0 spiro atoms. The molecule has 0 bridgehead atoms. The number of nitrogens with two attached hydrogens (primary N) is 1. The van der Waals surface area contributed by atoms with Crippen molar-refractivity contribution < 1.29 is 4.74 Å². The van der Waals surface area contributed by atoms with E-state index >= 15 is 0 Å². The summed E-state index contributed by atoms with van der Waals surface area (Å²) in [4.78, 5) is 9.30. The summed E-state index contributed by atoms with van der Waals surface area (Å²) >= 11 is 0. The molecule has 0 aliphatic carbocycles. The van der Waals surface area contributed by atoms with Gasteiger partial charge in [0.25, 0.3) is 0 Å². The second kappa shape index (κ2) is 7.52. The summed E-state index contributed by atoms with van der Waals surface area (Å²) in [5, 5.41) is 8.77. The largest absolute Gasteiger partial charge is 0.457 e. The molecule has 2 aromatic carbocycles. The first kappa shape index (κ1) is 17.6. The van der Waals surface area contributed by atoms with E-state index in [9.17, 15) is 0 Å². The quantitative estimate of drug-likeness (QED) is 0.554. The third-order valence-electron chi connectivity index (χ3n) is 5.19. The molecule has 1 aliphatic heterocycles. The van der Waals surface area contributed by atoms with Gasteiger partial charge in [0.05, 0.1) is 17.6 Å². The number of nitrogens with zero attached hydrogens (tertiary/aromatic N) is 4. The van der Waals surface area contributed by atoms with Crippen molar-refractivity contribution in [1.82, 2.24) is 25.1 Å². The van der Waals surface area contributed by atoms with E-state index in [0.717, 1.165) is 54.0 Å². The molecule has 2 aromatic heterocycles. The lowest BCUT2D eigenvalue weighted by molar-refractivity contribution is 0.353. The first-order chi connectivity index (χ1) is 14.3. The fraction of sp³-hybridized carbons (Fsp3) is 0.227. The molecule has 4 aromatic rings. The third kappa shape index (κ3) is 3.52. The van der Waals surface area contributed by atoms with Crippen LogP contribution in [-0.2, 0) is 0 Å². The summed E-state index contributed by atoms with van der Waals surface area (Å²) in [6.07, 6.45) is 3.97. The number of rotatable bonds is 4. The van der Waals surface area contributed by atoms with Crippen LogP contribution in [0.1, 0.15) is 18.9 Å². The van der Waals surface area contributed by atoms with Crippen molar-refractivity contribution >= 4 is 16.9 Å². The minimum absolute atomic E-state index is 0.282. The van der Waals surface area contributed by atoms with Gasteiger partial charge in [-0.15, -0.1) is 0 Å². The zero-order chi connectivity index (χ0) is 19.6.